The third-order valence-corrected chi connectivity index (χ3v) is 4.23. The van der Waals surface area contributed by atoms with Crippen molar-refractivity contribution in [1.82, 2.24) is 19.7 Å². The normalized spacial score (nSPS) is 10.8. The van der Waals surface area contributed by atoms with Gasteiger partial charge in [0.15, 0.2) is 16.8 Å². The maximum Gasteiger partial charge on any atom is 0.183 e. The Bertz CT molecular complexity index is 1060. The molecule has 4 aromatic rings. The summed E-state index contributed by atoms with van der Waals surface area (Å²) < 4.78 is 1.48. The van der Waals surface area contributed by atoms with Gasteiger partial charge in [-0.25, -0.2) is 9.97 Å². The number of benzene rings is 2. The Balaban J connectivity index is 2.01. The van der Waals surface area contributed by atoms with E-state index in [-0.39, 0.29) is 0 Å². The van der Waals surface area contributed by atoms with Gasteiger partial charge < -0.3 is 11.5 Å². The lowest BCUT2D eigenvalue weighted by atomic mass is 10.1. The fourth-order valence-corrected chi connectivity index (χ4v) is 2.90. The number of nitrogens with zero attached hydrogens (tertiary/aromatic N) is 4. The number of aromatic nitrogens is 4. The summed E-state index contributed by atoms with van der Waals surface area (Å²) in [5, 5.41) is 4.56. The van der Waals surface area contributed by atoms with Crippen molar-refractivity contribution in [3.8, 4) is 28.3 Å². The average molecular weight is 363 g/mol. The monoisotopic (exact) mass is 362 g/mol. The van der Waals surface area contributed by atoms with Gasteiger partial charge in [0.1, 0.15) is 11.4 Å². The van der Waals surface area contributed by atoms with Gasteiger partial charge in [-0.05, 0) is 0 Å². The molecule has 0 spiro atoms. The van der Waals surface area contributed by atoms with E-state index in [0.717, 1.165) is 11.1 Å². The van der Waals surface area contributed by atoms with Gasteiger partial charge in [-0.1, -0.05) is 72.3 Å². The van der Waals surface area contributed by atoms with Crippen molar-refractivity contribution < 1.29 is 0 Å². The summed E-state index contributed by atoms with van der Waals surface area (Å²) in [6, 6.07) is 19.2. The fraction of sp³-hybridized carbons (Fsp3) is 0. The van der Waals surface area contributed by atoms with Crippen molar-refractivity contribution in [3.63, 3.8) is 0 Å². The summed E-state index contributed by atoms with van der Waals surface area (Å²) >= 11 is 6.46. The van der Waals surface area contributed by atoms with E-state index < -0.39 is 0 Å². The SMILES string of the molecule is Nc1cnn(-c2nc(-c3ccccc3)c(Cl)nc2-c2ccccc2)c1N. The van der Waals surface area contributed by atoms with Crippen LogP contribution in [0.1, 0.15) is 0 Å². The summed E-state index contributed by atoms with van der Waals surface area (Å²) in [6.45, 7) is 0. The highest BCUT2D eigenvalue weighted by atomic mass is 35.5. The first-order valence-electron chi connectivity index (χ1n) is 7.93. The van der Waals surface area contributed by atoms with Gasteiger partial charge in [0.2, 0.25) is 0 Å². The number of nitrogens with two attached hydrogens (primary N) is 2. The Kier molecular flexibility index (Phi) is 4.02. The lowest BCUT2D eigenvalue weighted by Gasteiger charge is -2.13. The highest BCUT2D eigenvalue weighted by molar-refractivity contribution is 6.32. The van der Waals surface area contributed by atoms with E-state index in [4.69, 9.17) is 28.1 Å². The number of hydrogen-bond donors (Lipinski definition) is 2. The van der Waals surface area contributed by atoms with Crippen LogP contribution in [-0.2, 0) is 0 Å². The second-order valence-electron chi connectivity index (χ2n) is 5.66. The molecule has 2 aromatic carbocycles. The van der Waals surface area contributed by atoms with Crippen LogP contribution in [0.25, 0.3) is 28.3 Å². The van der Waals surface area contributed by atoms with Crippen LogP contribution in [0.5, 0.6) is 0 Å². The molecule has 0 saturated heterocycles. The Morgan fingerprint density at radius 2 is 1.35 bits per heavy atom. The van der Waals surface area contributed by atoms with E-state index >= 15 is 0 Å². The predicted octanol–water partition coefficient (Wildman–Crippen LogP) is 3.81. The van der Waals surface area contributed by atoms with Crippen LogP contribution in [0.3, 0.4) is 0 Å². The average Bonchev–Trinajstić information content (AvgIpc) is 3.02. The van der Waals surface area contributed by atoms with Crippen molar-refractivity contribution in [2.24, 2.45) is 0 Å². The van der Waals surface area contributed by atoms with Gasteiger partial charge in [-0.2, -0.15) is 9.78 Å². The number of hydrogen-bond acceptors (Lipinski definition) is 5. The molecule has 0 aliphatic rings. The van der Waals surface area contributed by atoms with Gasteiger partial charge >= 0.3 is 0 Å². The smallest absolute Gasteiger partial charge is 0.183 e. The highest BCUT2D eigenvalue weighted by Crippen LogP contribution is 2.32. The predicted molar refractivity (Wildman–Crippen MR) is 104 cm³/mol. The molecule has 7 heteroatoms. The van der Waals surface area contributed by atoms with Crippen molar-refractivity contribution in [1.29, 1.82) is 0 Å². The zero-order chi connectivity index (χ0) is 18.1. The Labute approximate surface area is 155 Å². The molecule has 128 valence electrons. The lowest BCUT2D eigenvalue weighted by Crippen LogP contribution is -2.09. The third-order valence-electron chi connectivity index (χ3n) is 3.97. The molecular formula is C19H15ClN6. The zero-order valence-electron chi connectivity index (χ0n) is 13.7. The van der Waals surface area contributed by atoms with Crippen LogP contribution in [-0.4, -0.2) is 19.7 Å². The molecule has 2 aromatic heterocycles. The molecule has 0 bridgehead atoms. The fourth-order valence-electron chi connectivity index (χ4n) is 2.66. The first-order chi connectivity index (χ1) is 12.6. The zero-order valence-corrected chi connectivity index (χ0v) is 14.4. The second kappa shape index (κ2) is 6.50. The van der Waals surface area contributed by atoms with Crippen LogP contribution in [0.2, 0.25) is 5.15 Å². The van der Waals surface area contributed by atoms with Crippen molar-refractivity contribution in [2.75, 3.05) is 11.5 Å². The quantitative estimate of drug-likeness (QED) is 0.577. The molecule has 0 unspecified atom stereocenters. The minimum absolute atomic E-state index is 0.303. The second-order valence-corrected chi connectivity index (χ2v) is 6.02. The van der Waals surface area contributed by atoms with E-state index in [2.05, 4.69) is 10.1 Å². The number of nitrogen functional groups attached to an aromatic ring is 2. The van der Waals surface area contributed by atoms with E-state index in [9.17, 15) is 0 Å². The Morgan fingerprint density at radius 3 is 1.88 bits per heavy atom. The minimum atomic E-state index is 0.303. The lowest BCUT2D eigenvalue weighted by molar-refractivity contribution is 0.852. The maximum absolute atomic E-state index is 6.46. The summed E-state index contributed by atoms with van der Waals surface area (Å²) in [5.41, 5.74) is 15.2. The van der Waals surface area contributed by atoms with E-state index in [1.165, 1.54) is 10.9 Å². The van der Waals surface area contributed by atoms with Crippen molar-refractivity contribution in [2.45, 2.75) is 0 Å². The Hall–Kier alpha value is -3.38. The van der Waals surface area contributed by atoms with E-state index in [1.807, 2.05) is 60.7 Å². The molecule has 4 N–H and O–H groups in total. The van der Waals surface area contributed by atoms with Crippen molar-refractivity contribution >= 4 is 23.1 Å². The van der Waals surface area contributed by atoms with Gasteiger partial charge in [-0.3, -0.25) is 0 Å². The van der Waals surface area contributed by atoms with E-state index in [1.54, 1.807) is 0 Å². The molecule has 0 aliphatic heterocycles. The molecule has 0 radical (unpaired) electrons. The number of halogens is 1. The van der Waals surface area contributed by atoms with Gasteiger partial charge in [0.25, 0.3) is 0 Å². The van der Waals surface area contributed by atoms with Gasteiger partial charge in [0.05, 0.1) is 11.9 Å². The molecule has 6 nitrogen and oxygen atoms in total. The topological polar surface area (TPSA) is 95.6 Å². The third kappa shape index (κ3) is 2.76. The number of rotatable bonds is 3. The molecule has 4 rings (SSSR count). The molecule has 0 amide bonds. The maximum atomic E-state index is 6.46. The Morgan fingerprint density at radius 1 is 0.769 bits per heavy atom. The summed E-state index contributed by atoms with van der Waals surface area (Å²) in [7, 11) is 0. The van der Waals surface area contributed by atoms with Crippen LogP contribution in [0, 0.1) is 0 Å². The highest BCUT2D eigenvalue weighted by Gasteiger charge is 2.19. The minimum Gasteiger partial charge on any atom is -0.394 e. The summed E-state index contributed by atoms with van der Waals surface area (Å²) in [6.07, 6.45) is 1.49. The number of anilines is 2. The summed E-state index contributed by atoms with van der Waals surface area (Å²) in [5.74, 6) is 0.770. The molecule has 0 fully saturated rings. The molecule has 0 atom stereocenters. The molecule has 2 heterocycles. The first kappa shape index (κ1) is 16.1. The van der Waals surface area contributed by atoms with Crippen LogP contribution >= 0.6 is 11.6 Å². The van der Waals surface area contributed by atoms with E-state index in [0.29, 0.717) is 33.9 Å². The molecule has 0 aliphatic carbocycles. The van der Waals surface area contributed by atoms with Gasteiger partial charge in [0, 0.05) is 11.1 Å². The first-order valence-corrected chi connectivity index (χ1v) is 8.30. The van der Waals surface area contributed by atoms with Crippen LogP contribution < -0.4 is 11.5 Å². The molecule has 26 heavy (non-hydrogen) atoms. The van der Waals surface area contributed by atoms with Crippen LogP contribution in [0.4, 0.5) is 11.5 Å². The van der Waals surface area contributed by atoms with Crippen molar-refractivity contribution in [3.05, 3.63) is 72.0 Å². The standard InChI is InChI=1S/C19H15ClN6/c20-17-15(12-7-3-1-4-8-12)25-19(26-18(22)14(21)11-23-26)16(24-17)13-9-5-2-6-10-13/h1-11H,21-22H2. The summed E-state index contributed by atoms with van der Waals surface area (Å²) in [4.78, 5) is 9.33. The van der Waals surface area contributed by atoms with Gasteiger partial charge in [-0.15, -0.1) is 0 Å². The molecule has 0 saturated carbocycles. The largest absolute Gasteiger partial charge is 0.394 e. The van der Waals surface area contributed by atoms with Crippen LogP contribution in [0.15, 0.2) is 66.9 Å². The molecular weight excluding hydrogens is 348 g/mol.